The molecule has 4 aliphatic rings. The zero-order valence-corrected chi connectivity index (χ0v) is 17.5. The molecule has 1 saturated heterocycles. The van der Waals surface area contributed by atoms with Crippen LogP contribution in [0.25, 0.3) is 10.9 Å². The lowest BCUT2D eigenvalue weighted by atomic mass is 9.86. The smallest absolute Gasteiger partial charge is 0.246 e. The van der Waals surface area contributed by atoms with Gasteiger partial charge < -0.3 is 24.3 Å². The number of hydrogen-bond acceptors (Lipinski definition) is 4. The zero-order valence-electron chi connectivity index (χ0n) is 17.5. The molecular weight excluding hydrogens is 406 g/mol. The second-order valence-corrected chi connectivity index (χ2v) is 9.26. The van der Waals surface area contributed by atoms with E-state index in [-0.39, 0.29) is 31.2 Å². The van der Waals surface area contributed by atoms with Crippen LogP contribution in [-0.2, 0) is 16.0 Å². The third kappa shape index (κ3) is 2.60. The van der Waals surface area contributed by atoms with Crippen LogP contribution in [0, 0.1) is 5.92 Å². The van der Waals surface area contributed by atoms with Crippen LogP contribution in [0.2, 0.25) is 0 Å². The van der Waals surface area contributed by atoms with Gasteiger partial charge in [0.1, 0.15) is 6.04 Å². The van der Waals surface area contributed by atoms with E-state index < -0.39 is 6.04 Å². The van der Waals surface area contributed by atoms with Crippen molar-refractivity contribution < 1.29 is 19.1 Å². The molecule has 1 aliphatic carbocycles. The summed E-state index contributed by atoms with van der Waals surface area (Å²) in [6.45, 7) is 1.05. The van der Waals surface area contributed by atoms with E-state index in [1.807, 2.05) is 36.4 Å². The van der Waals surface area contributed by atoms with Crippen LogP contribution in [0.4, 0.5) is 0 Å². The first-order valence-corrected chi connectivity index (χ1v) is 11.3. The lowest BCUT2D eigenvalue weighted by Gasteiger charge is -2.47. The predicted octanol–water partition coefficient (Wildman–Crippen LogP) is 2.99. The number of ether oxygens (including phenoxy) is 2. The number of carbonyl (C=O) groups is 2. The first kappa shape index (κ1) is 18.1. The number of aromatic nitrogens is 1. The average molecular weight is 429 g/mol. The maximum Gasteiger partial charge on any atom is 0.246 e. The van der Waals surface area contributed by atoms with Gasteiger partial charge in [-0.15, -0.1) is 0 Å². The highest BCUT2D eigenvalue weighted by Crippen LogP contribution is 2.45. The van der Waals surface area contributed by atoms with Gasteiger partial charge in [0.25, 0.3) is 0 Å². The lowest BCUT2D eigenvalue weighted by molar-refractivity contribution is -0.158. The van der Waals surface area contributed by atoms with Crippen molar-refractivity contribution in [3.05, 3.63) is 59.3 Å². The van der Waals surface area contributed by atoms with Crippen molar-refractivity contribution in [2.45, 2.75) is 31.3 Å². The van der Waals surface area contributed by atoms with Gasteiger partial charge in [-0.2, -0.15) is 0 Å². The summed E-state index contributed by atoms with van der Waals surface area (Å²) in [5, 5.41) is 1.12. The number of amides is 2. The maximum absolute atomic E-state index is 13.6. The number of benzene rings is 2. The van der Waals surface area contributed by atoms with Crippen LogP contribution >= 0.6 is 0 Å². The Kier molecular flexibility index (Phi) is 3.69. The molecule has 32 heavy (non-hydrogen) atoms. The van der Waals surface area contributed by atoms with E-state index in [1.165, 1.54) is 0 Å². The number of rotatable bonds is 3. The maximum atomic E-state index is 13.6. The van der Waals surface area contributed by atoms with Crippen molar-refractivity contribution in [2.75, 3.05) is 19.9 Å². The molecule has 4 heterocycles. The molecule has 0 radical (unpaired) electrons. The summed E-state index contributed by atoms with van der Waals surface area (Å²) >= 11 is 0. The average Bonchev–Trinajstić information content (AvgIpc) is 3.36. The monoisotopic (exact) mass is 429 g/mol. The minimum Gasteiger partial charge on any atom is -0.454 e. The molecule has 0 bridgehead atoms. The molecular formula is C25H23N3O4. The quantitative estimate of drug-likeness (QED) is 0.695. The van der Waals surface area contributed by atoms with Gasteiger partial charge in [0.05, 0.1) is 12.6 Å². The van der Waals surface area contributed by atoms with Gasteiger partial charge in [-0.05, 0) is 48.1 Å². The van der Waals surface area contributed by atoms with Gasteiger partial charge in [0.2, 0.25) is 18.6 Å². The first-order valence-electron chi connectivity index (χ1n) is 11.3. The molecule has 162 valence electrons. The number of fused-ring (bicyclic) bond motifs is 5. The first-order chi connectivity index (χ1) is 15.7. The van der Waals surface area contributed by atoms with Crippen LogP contribution < -0.4 is 9.47 Å². The summed E-state index contributed by atoms with van der Waals surface area (Å²) in [4.78, 5) is 34.2. The zero-order chi connectivity index (χ0) is 21.4. The van der Waals surface area contributed by atoms with Gasteiger partial charge in [-0.3, -0.25) is 9.59 Å². The third-order valence-corrected chi connectivity index (χ3v) is 7.23. The number of nitrogens with zero attached hydrogens (tertiary/aromatic N) is 2. The molecule has 1 aromatic heterocycles. The Bertz CT molecular complexity index is 1280. The number of hydrogen-bond donors (Lipinski definition) is 1. The fourth-order valence-corrected chi connectivity index (χ4v) is 5.52. The number of para-hydroxylation sites is 1. The molecule has 3 aromatic rings. The standard InChI is InChI=1S/C25H23N3O4/c29-22-12-27(11-14-5-6-14)25(30)19-10-17-16-3-1-2-4-18(16)26-23(17)24(28(19)22)15-7-8-20-21(9-15)32-13-31-20/h1-4,7-9,14,19,24,26H,5-6,10-13H2/t19-,24+/m1/s1. The molecule has 0 spiro atoms. The molecule has 0 unspecified atom stereocenters. The van der Waals surface area contributed by atoms with Crippen molar-refractivity contribution >= 4 is 22.7 Å². The number of H-pyrrole nitrogens is 1. The Labute approximate surface area is 184 Å². The van der Waals surface area contributed by atoms with Crippen molar-refractivity contribution in [3.63, 3.8) is 0 Å². The van der Waals surface area contributed by atoms with E-state index >= 15 is 0 Å². The normalized spacial score (nSPS) is 24.1. The molecule has 3 aliphatic heterocycles. The van der Waals surface area contributed by atoms with E-state index in [0.717, 1.165) is 40.6 Å². The number of aromatic amines is 1. The lowest BCUT2D eigenvalue weighted by Crippen LogP contribution is -2.63. The van der Waals surface area contributed by atoms with Gasteiger partial charge in [0, 0.05) is 29.6 Å². The summed E-state index contributed by atoms with van der Waals surface area (Å²) in [6.07, 6.45) is 2.84. The summed E-state index contributed by atoms with van der Waals surface area (Å²) in [5.41, 5.74) is 4.05. The van der Waals surface area contributed by atoms with Crippen molar-refractivity contribution in [3.8, 4) is 11.5 Å². The minimum atomic E-state index is -0.489. The largest absolute Gasteiger partial charge is 0.454 e. The molecule has 2 aromatic carbocycles. The Morgan fingerprint density at radius 3 is 2.75 bits per heavy atom. The summed E-state index contributed by atoms with van der Waals surface area (Å²) in [5.74, 6) is 2.00. The molecule has 7 heteroatoms. The highest BCUT2D eigenvalue weighted by molar-refractivity contribution is 5.97. The summed E-state index contributed by atoms with van der Waals surface area (Å²) < 4.78 is 11.1. The highest BCUT2D eigenvalue weighted by Gasteiger charge is 2.49. The van der Waals surface area contributed by atoms with E-state index in [0.29, 0.717) is 30.4 Å². The second kappa shape index (κ2) is 6.51. The third-order valence-electron chi connectivity index (χ3n) is 7.23. The topological polar surface area (TPSA) is 74.9 Å². The van der Waals surface area contributed by atoms with Gasteiger partial charge in [0.15, 0.2) is 11.5 Å². The fraction of sp³-hybridized carbons (Fsp3) is 0.360. The molecule has 2 atom stereocenters. The van der Waals surface area contributed by atoms with Gasteiger partial charge >= 0.3 is 0 Å². The molecule has 1 N–H and O–H groups in total. The Morgan fingerprint density at radius 2 is 1.88 bits per heavy atom. The second-order valence-electron chi connectivity index (χ2n) is 9.26. The van der Waals surface area contributed by atoms with Crippen molar-refractivity contribution in [1.29, 1.82) is 0 Å². The molecule has 7 rings (SSSR count). The van der Waals surface area contributed by atoms with E-state index in [4.69, 9.17) is 9.47 Å². The number of piperazine rings is 1. The SMILES string of the molecule is O=C1[C@H]2Cc3c([nH]c4ccccc34)[C@H](c3ccc4c(c3)OCO4)N2C(=O)CN1CC1CC1. The van der Waals surface area contributed by atoms with E-state index in [1.54, 1.807) is 9.80 Å². The predicted molar refractivity (Wildman–Crippen MR) is 116 cm³/mol. The van der Waals surface area contributed by atoms with Gasteiger partial charge in [-0.1, -0.05) is 24.3 Å². The Balaban J connectivity index is 1.39. The number of carbonyl (C=O) groups excluding carboxylic acids is 2. The minimum absolute atomic E-state index is 0.00206. The van der Waals surface area contributed by atoms with E-state index in [2.05, 4.69) is 11.1 Å². The van der Waals surface area contributed by atoms with Crippen molar-refractivity contribution in [2.24, 2.45) is 5.92 Å². The van der Waals surface area contributed by atoms with Crippen LogP contribution in [0.1, 0.15) is 35.7 Å². The highest BCUT2D eigenvalue weighted by atomic mass is 16.7. The van der Waals surface area contributed by atoms with Crippen LogP contribution in [0.15, 0.2) is 42.5 Å². The van der Waals surface area contributed by atoms with Crippen LogP contribution in [0.3, 0.4) is 0 Å². The van der Waals surface area contributed by atoms with Crippen LogP contribution in [0.5, 0.6) is 11.5 Å². The Morgan fingerprint density at radius 1 is 1.03 bits per heavy atom. The molecule has 7 nitrogen and oxygen atoms in total. The number of nitrogens with one attached hydrogen (secondary N) is 1. The summed E-state index contributed by atoms with van der Waals surface area (Å²) in [7, 11) is 0. The van der Waals surface area contributed by atoms with Gasteiger partial charge in [-0.25, -0.2) is 0 Å². The van der Waals surface area contributed by atoms with E-state index in [9.17, 15) is 9.59 Å². The fourth-order valence-electron chi connectivity index (χ4n) is 5.52. The molecule has 2 fully saturated rings. The van der Waals surface area contributed by atoms with Crippen LogP contribution in [-0.4, -0.2) is 52.5 Å². The Hall–Kier alpha value is -3.48. The molecule has 1 saturated carbocycles. The molecule has 2 amide bonds. The summed E-state index contributed by atoms with van der Waals surface area (Å²) in [6, 6.07) is 13.1. The van der Waals surface area contributed by atoms with Crippen molar-refractivity contribution in [1.82, 2.24) is 14.8 Å².